The lowest BCUT2D eigenvalue weighted by atomic mass is 9.85. The van der Waals surface area contributed by atoms with Gasteiger partial charge in [0.25, 0.3) is 0 Å². The lowest BCUT2D eigenvalue weighted by molar-refractivity contribution is 0.105. The van der Waals surface area contributed by atoms with Crippen LogP contribution in [-0.4, -0.2) is 36.6 Å². The summed E-state index contributed by atoms with van der Waals surface area (Å²) in [6, 6.07) is 2.28. The third kappa shape index (κ3) is 3.52. The predicted octanol–water partition coefficient (Wildman–Crippen LogP) is 3.81. The van der Waals surface area contributed by atoms with E-state index in [0.717, 1.165) is 12.1 Å². The monoisotopic (exact) mass is 266 g/mol. The van der Waals surface area contributed by atoms with Crippen LogP contribution in [0.2, 0.25) is 0 Å². The summed E-state index contributed by atoms with van der Waals surface area (Å²) in [5, 5.41) is 3.85. The molecule has 112 valence electrons. The molecule has 2 saturated carbocycles. The quantitative estimate of drug-likeness (QED) is 0.814. The van der Waals surface area contributed by atoms with E-state index >= 15 is 0 Å². The average Bonchev–Trinajstić information content (AvgIpc) is 2.72. The van der Waals surface area contributed by atoms with Crippen LogP contribution < -0.4 is 5.32 Å². The number of nitrogens with zero attached hydrogens (tertiary/aromatic N) is 1. The predicted molar refractivity (Wildman–Crippen MR) is 83.5 cm³/mol. The Labute approximate surface area is 120 Å². The smallest absolute Gasteiger partial charge is 0.0274 e. The summed E-state index contributed by atoms with van der Waals surface area (Å²) in [5.41, 5.74) is 0.461. The van der Waals surface area contributed by atoms with Crippen LogP contribution >= 0.6 is 0 Å². The topological polar surface area (TPSA) is 15.3 Å². The van der Waals surface area contributed by atoms with Gasteiger partial charge in [-0.3, -0.25) is 4.90 Å². The largest absolute Gasteiger partial charge is 0.312 e. The molecule has 2 atom stereocenters. The molecule has 0 saturated heterocycles. The highest BCUT2D eigenvalue weighted by Gasteiger charge is 2.44. The van der Waals surface area contributed by atoms with E-state index in [2.05, 4.69) is 38.0 Å². The van der Waals surface area contributed by atoms with Crippen LogP contribution in [0.1, 0.15) is 72.1 Å². The molecule has 0 aromatic rings. The first-order valence-electron chi connectivity index (χ1n) is 8.51. The molecule has 0 spiro atoms. The van der Waals surface area contributed by atoms with Crippen molar-refractivity contribution in [2.24, 2.45) is 5.41 Å². The van der Waals surface area contributed by atoms with E-state index in [1.54, 1.807) is 0 Å². The van der Waals surface area contributed by atoms with E-state index in [0.29, 0.717) is 11.5 Å². The van der Waals surface area contributed by atoms with Gasteiger partial charge in [0.05, 0.1) is 0 Å². The van der Waals surface area contributed by atoms with E-state index in [-0.39, 0.29) is 0 Å². The maximum absolute atomic E-state index is 3.85. The van der Waals surface area contributed by atoms with Crippen molar-refractivity contribution in [2.75, 3.05) is 13.6 Å². The molecule has 2 nitrogen and oxygen atoms in total. The molecule has 2 fully saturated rings. The Bertz CT molecular complexity index is 268. The summed E-state index contributed by atoms with van der Waals surface area (Å²) in [6.45, 7) is 8.35. The van der Waals surface area contributed by atoms with E-state index in [4.69, 9.17) is 0 Å². The maximum Gasteiger partial charge on any atom is 0.0274 e. The van der Waals surface area contributed by atoms with E-state index in [9.17, 15) is 0 Å². The zero-order chi connectivity index (χ0) is 13.9. The van der Waals surface area contributed by atoms with Crippen LogP contribution in [0.25, 0.3) is 0 Å². The average molecular weight is 266 g/mol. The van der Waals surface area contributed by atoms with Crippen molar-refractivity contribution < 1.29 is 0 Å². The zero-order valence-corrected chi connectivity index (χ0v) is 13.5. The molecule has 2 unspecified atom stereocenters. The lowest BCUT2D eigenvalue weighted by Gasteiger charge is -2.41. The molecule has 0 amide bonds. The van der Waals surface area contributed by atoms with Crippen LogP contribution in [0.3, 0.4) is 0 Å². The van der Waals surface area contributed by atoms with Crippen LogP contribution in [0.5, 0.6) is 0 Å². The van der Waals surface area contributed by atoms with Crippen molar-refractivity contribution in [1.29, 1.82) is 0 Å². The third-order valence-electron chi connectivity index (χ3n) is 5.60. The van der Waals surface area contributed by atoms with Crippen molar-refractivity contribution in [3.63, 3.8) is 0 Å². The SMILES string of the molecule is CCCNC1C(N(C)C2CCCCC2)CCC1(C)C. The highest BCUT2D eigenvalue weighted by atomic mass is 15.2. The van der Waals surface area contributed by atoms with Gasteiger partial charge in [0.15, 0.2) is 0 Å². The molecular formula is C17H34N2. The van der Waals surface area contributed by atoms with E-state index in [1.165, 1.54) is 57.9 Å². The lowest BCUT2D eigenvalue weighted by Crippen LogP contribution is -2.53. The minimum absolute atomic E-state index is 0.461. The Morgan fingerprint density at radius 1 is 1.11 bits per heavy atom. The van der Waals surface area contributed by atoms with Gasteiger partial charge in [-0.15, -0.1) is 0 Å². The molecule has 0 aromatic heterocycles. The fraction of sp³-hybridized carbons (Fsp3) is 1.00. The van der Waals surface area contributed by atoms with Crippen LogP contribution in [0, 0.1) is 5.41 Å². The number of nitrogens with one attached hydrogen (secondary N) is 1. The van der Waals surface area contributed by atoms with Crippen LogP contribution in [0.4, 0.5) is 0 Å². The molecular weight excluding hydrogens is 232 g/mol. The van der Waals surface area contributed by atoms with Gasteiger partial charge < -0.3 is 5.32 Å². The number of hydrogen-bond acceptors (Lipinski definition) is 2. The maximum atomic E-state index is 3.85. The number of likely N-dealkylation sites (N-methyl/N-ethyl adjacent to an activating group) is 1. The standard InChI is InChI=1S/C17H34N2/c1-5-13-18-16-15(11-12-17(16,2)3)19(4)14-9-7-6-8-10-14/h14-16,18H,5-13H2,1-4H3. The summed E-state index contributed by atoms with van der Waals surface area (Å²) < 4.78 is 0. The number of rotatable bonds is 5. The molecule has 0 heterocycles. The van der Waals surface area contributed by atoms with Crippen LogP contribution in [-0.2, 0) is 0 Å². The van der Waals surface area contributed by atoms with Gasteiger partial charge in [0.2, 0.25) is 0 Å². The summed E-state index contributed by atoms with van der Waals surface area (Å²) in [6.07, 6.45) is 11.2. The first-order valence-corrected chi connectivity index (χ1v) is 8.51. The van der Waals surface area contributed by atoms with Crippen LogP contribution in [0.15, 0.2) is 0 Å². The number of hydrogen-bond donors (Lipinski definition) is 1. The Morgan fingerprint density at radius 2 is 1.79 bits per heavy atom. The summed E-state index contributed by atoms with van der Waals surface area (Å²) in [4.78, 5) is 2.74. The molecule has 2 rings (SSSR count). The second-order valence-electron chi connectivity index (χ2n) is 7.48. The van der Waals surface area contributed by atoms with Crippen molar-refractivity contribution in [1.82, 2.24) is 10.2 Å². The fourth-order valence-electron chi connectivity index (χ4n) is 4.27. The van der Waals surface area contributed by atoms with Gasteiger partial charge in [0, 0.05) is 18.1 Å². The summed E-state index contributed by atoms with van der Waals surface area (Å²) >= 11 is 0. The van der Waals surface area contributed by atoms with E-state index < -0.39 is 0 Å². The Morgan fingerprint density at radius 3 is 2.42 bits per heavy atom. The molecule has 0 bridgehead atoms. The second kappa shape index (κ2) is 6.58. The second-order valence-corrected chi connectivity index (χ2v) is 7.48. The van der Waals surface area contributed by atoms with Gasteiger partial charge in [-0.2, -0.15) is 0 Å². The minimum atomic E-state index is 0.461. The van der Waals surface area contributed by atoms with Gasteiger partial charge >= 0.3 is 0 Å². The summed E-state index contributed by atoms with van der Waals surface area (Å²) in [5.74, 6) is 0. The molecule has 19 heavy (non-hydrogen) atoms. The molecule has 2 heteroatoms. The zero-order valence-electron chi connectivity index (χ0n) is 13.5. The van der Waals surface area contributed by atoms with Crippen molar-refractivity contribution in [3.8, 4) is 0 Å². The van der Waals surface area contributed by atoms with Crippen molar-refractivity contribution in [3.05, 3.63) is 0 Å². The van der Waals surface area contributed by atoms with E-state index in [1.807, 2.05) is 0 Å². The first kappa shape index (κ1) is 15.3. The van der Waals surface area contributed by atoms with Gasteiger partial charge in [-0.05, 0) is 51.1 Å². The van der Waals surface area contributed by atoms with Gasteiger partial charge in [-0.1, -0.05) is 40.0 Å². The molecule has 0 radical (unpaired) electrons. The first-order chi connectivity index (χ1) is 9.06. The highest BCUT2D eigenvalue weighted by molar-refractivity contribution is 5.01. The molecule has 0 aliphatic heterocycles. The molecule has 0 aromatic carbocycles. The normalized spacial score (nSPS) is 32.1. The summed E-state index contributed by atoms with van der Waals surface area (Å²) in [7, 11) is 2.39. The van der Waals surface area contributed by atoms with Gasteiger partial charge in [-0.25, -0.2) is 0 Å². The van der Waals surface area contributed by atoms with Gasteiger partial charge in [0.1, 0.15) is 0 Å². The Balaban J connectivity index is 2.00. The van der Waals surface area contributed by atoms with Crippen molar-refractivity contribution in [2.45, 2.75) is 90.3 Å². The molecule has 1 N–H and O–H groups in total. The minimum Gasteiger partial charge on any atom is -0.312 e. The molecule has 2 aliphatic rings. The fourth-order valence-corrected chi connectivity index (χ4v) is 4.27. The Hall–Kier alpha value is -0.0800. The third-order valence-corrected chi connectivity index (χ3v) is 5.60. The molecule has 2 aliphatic carbocycles. The highest BCUT2D eigenvalue weighted by Crippen LogP contribution is 2.41. The Kier molecular flexibility index (Phi) is 5.30. The van der Waals surface area contributed by atoms with Crippen molar-refractivity contribution >= 4 is 0 Å².